The lowest BCUT2D eigenvalue weighted by atomic mass is 10.1. The first-order valence-corrected chi connectivity index (χ1v) is 8.18. The molecule has 6 nitrogen and oxygen atoms in total. The first-order chi connectivity index (χ1) is 13.2. The van der Waals surface area contributed by atoms with Crippen molar-refractivity contribution in [1.29, 1.82) is 0 Å². The van der Waals surface area contributed by atoms with Crippen molar-refractivity contribution in [1.82, 2.24) is 4.90 Å². The van der Waals surface area contributed by atoms with Crippen LogP contribution in [0, 0.1) is 0 Å². The molecule has 1 N–H and O–H groups in total. The number of carbonyl (C=O) groups excluding carboxylic acids is 2. The number of halogens is 3. The van der Waals surface area contributed by atoms with Gasteiger partial charge >= 0.3 is 12.3 Å². The predicted octanol–water partition coefficient (Wildman–Crippen LogP) is 3.44. The largest absolute Gasteiger partial charge is 0.573 e. The van der Waals surface area contributed by atoms with E-state index in [1.165, 1.54) is 19.2 Å². The van der Waals surface area contributed by atoms with E-state index in [9.17, 15) is 22.8 Å². The number of alkyl halides is 3. The monoisotopic (exact) mass is 396 g/mol. The van der Waals surface area contributed by atoms with E-state index in [0.29, 0.717) is 17.8 Å². The summed E-state index contributed by atoms with van der Waals surface area (Å²) in [5.41, 5.74) is 1.69. The van der Waals surface area contributed by atoms with Crippen molar-refractivity contribution in [3.63, 3.8) is 0 Å². The van der Waals surface area contributed by atoms with Crippen molar-refractivity contribution >= 4 is 17.6 Å². The summed E-state index contributed by atoms with van der Waals surface area (Å²) in [5, 5.41) is 2.60. The number of anilines is 1. The number of rotatable bonds is 7. The molecule has 0 saturated heterocycles. The molecular formula is C19H19F3N2O4. The lowest BCUT2D eigenvalue weighted by Crippen LogP contribution is -2.29. The number of nitrogens with one attached hydrogen (secondary N) is 1. The van der Waals surface area contributed by atoms with Crippen LogP contribution in [0.4, 0.5) is 18.9 Å². The van der Waals surface area contributed by atoms with Gasteiger partial charge < -0.3 is 14.8 Å². The number of hydrogen-bond acceptors (Lipinski definition) is 5. The van der Waals surface area contributed by atoms with Crippen LogP contribution in [0.5, 0.6) is 5.75 Å². The smallest absolute Gasteiger partial charge is 0.465 e. The van der Waals surface area contributed by atoms with Gasteiger partial charge in [-0.05, 0) is 49.0 Å². The number of hydrogen-bond donors (Lipinski definition) is 1. The molecule has 2 aromatic rings. The highest BCUT2D eigenvalue weighted by Crippen LogP contribution is 2.23. The molecule has 0 aliphatic heterocycles. The Morgan fingerprint density at radius 1 is 1.04 bits per heavy atom. The van der Waals surface area contributed by atoms with Crippen molar-refractivity contribution in [2.24, 2.45) is 0 Å². The van der Waals surface area contributed by atoms with E-state index in [1.54, 1.807) is 36.2 Å². The highest BCUT2D eigenvalue weighted by molar-refractivity contribution is 5.92. The van der Waals surface area contributed by atoms with E-state index in [2.05, 4.69) is 14.8 Å². The van der Waals surface area contributed by atoms with Crippen molar-refractivity contribution < 1.29 is 32.2 Å². The van der Waals surface area contributed by atoms with E-state index in [1.807, 2.05) is 0 Å². The molecule has 150 valence electrons. The van der Waals surface area contributed by atoms with Crippen LogP contribution in [0.1, 0.15) is 15.9 Å². The summed E-state index contributed by atoms with van der Waals surface area (Å²) < 4.78 is 44.8. The van der Waals surface area contributed by atoms with Gasteiger partial charge in [0, 0.05) is 12.2 Å². The molecule has 0 unspecified atom stereocenters. The molecule has 0 saturated carbocycles. The van der Waals surface area contributed by atoms with E-state index in [0.717, 1.165) is 17.7 Å². The third kappa shape index (κ3) is 6.92. The van der Waals surface area contributed by atoms with Gasteiger partial charge in [-0.1, -0.05) is 12.1 Å². The standard InChI is InChI=1S/C19H19F3N2O4/c1-24(11-13-3-5-14(6-4-13)18(26)27-2)12-17(25)23-15-7-9-16(10-8-15)28-19(20,21)22/h3-10H,11-12H2,1-2H3,(H,23,25). The molecule has 0 aliphatic carbocycles. The fourth-order valence-electron chi connectivity index (χ4n) is 2.42. The molecule has 1 amide bonds. The van der Waals surface area contributed by atoms with Gasteiger partial charge in [-0.15, -0.1) is 13.2 Å². The maximum atomic E-state index is 12.1. The summed E-state index contributed by atoms with van der Waals surface area (Å²) in [6.45, 7) is 0.535. The van der Waals surface area contributed by atoms with Gasteiger partial charge in [-0.25, -0.2) is 4.79 Å². The maximum absolute atomic E-state index is 12.1. The summed E-state index contributed by atoms with van der Waals surface area (Å²) >= 11 is 0. The fourth-order valence-corrected chi connectivity index (χ4v) is 2.42. The lowest BCUT2D eigenvalue weighted by molar-refractivity contribution is -0.274. The zero-order chi connectivity index (χ0) is 20.7. The normalized spacial score (nSPS) is 11.2. The first kappa shape index (κ1) is 21.2. The average Bonchev–Trinajstić information content (AvgIpc) is 2.62. The third-order valence-corrected chi connectivity index (χ3v) is 3.61. The van der Waals surface area contributed by atoms with Crippen molar-refractivity contribution in [3.8, 4) is 5.75 Å². The quantitative estimate of drug-likeness (QED) is 0.727. The van der Waals surface area contributed by atoms with Gasteiger partial charge in [0.1, 0.15) is 5.75 Å². The van der Waals surface area contributed by atoms with Crippen molar-refractivity contribution in [2.45, 2.75) is 12.9 Å². The topological polar surface area (TPSA) is 67.9 Å². The Balaban J connectivity index is 1.84. The average molecular weight is 396 g/mol. The molecule has 0 aromatic heterocycles. The molecule has 2 rings (SSSR count). The summed E-state index contributed by atoms with van der Waals surface area (Å²) in [4.78, 5) is 25.2. The second kappa shape index (κ2) is 9.23. The lowest BCUT2D eigenvalue weighted by Gasteiger charge is -2.17. The Morgan fingerprint density at radius 3 is 2.18 bits per heavy atom. The maximum Gasteiger partial charge on any atom is 0.573 e. The number of benzene rings is 2. The van der Waals surface area contributed by atoms with Crippen LogP contribution >= 0.6 is 0 Å². The summed E-state index contributed by atoms with van der Waals surface area (Å²) in [6, 6.07) is 11.7. The van der Waals surface area contributed by atoms with Gasteiger partial charge in [0.2, 0.25) is 5.91 Å². The first-order valence-electron chi connectivity index (χ1n) is 8.18. The predicted molar refractivity (Wildman–Crippen MR) is 95.9 cm³/mol. The van der Waals surface area contributed by atoms with Crippen molar-refractivity contribution in [2.75, 3.05) is 26.0 Å². The Kier molecular flexibility index (Phi) is 7.00. The van der Waals surface area contributed by atoms with E-state index >= 15 is 0 Å². The fraction of sp³-hybridized carbons (Fsp3) is 0.263. The van der Waals surface area contributed by atoms with Gasteiger partial charge in [0.25, 0.3) is 0 Å². The van der Waals surface area contributed by atoms with Crippen LogP contribution in [-0.4, -0.2) is 43.8 Å². The number of methoxy groups -OCH3 is 1. The zero-order valence-corrected chi connectivity index (χ0v) is 15.2. The molecule has 28 heavy (non-hydrogen) atoms. The van der Waals surface area contributed by atoms with Crippen LogP contribution in [0.15, 0.2) is 48.5 Å². The number of carbonyl (C=O) groups is 2. The summed E-state index contributed by atoms with van der Waals surface area (Å²) in [6.07, 6.45) is -4.76. The van der Waals surface area contributed by atoms with Crippen LogP contribution in [0.3, 0.4) is 0 Å². The van der Waals surface area contributed by atoms with Crippen LogP contribution in [0.2, 0.25) is 0 Å². The van der Waals surface area contributed by atoms with Gasteiger partial charge in [0.15, 0.2) is 0 Å². The molecule has 0 radical (unpaired) electrons. The molecule has 0 aliphatic rings. The molecule has 0 bridgehead atoms. The Bertz CT molecular complexity index is 805. The van der Waals surface area contributed by atoms with E-state index in [4.69, 9.17) is 0 Å². The van der Waals surface area contributed by atoms with Gasteiger partial charge in [0.05, 0.1) is 19.2 Å². The second-order valence-electron chi connectivity index (χ2n) is 5.98. The van der Waals surface area contributed by atoms with Gasteiger partial charge in [-0.3, -0.25) is 9.69 Å². The number of likely N-dealkylation sites (N-methyl/N-ethyl adjacent to an activating group) is 1. The molecule has 2 aromatic carbocycles. The number of esters is 1. The van der Waals surface area contributed by atoms with Crippen LogP contribution in [-0.2, 0) is 16.1 Å². The second-order valence-corrected chi connectivity index (χ2v) is 5.98. The van der Waals surface area contributed by atoms with E-state index in [-0.39, 0.29) is 18.2 Å². The highest BCUT2D eigenvalue weighted by Gasteiger charge is 2.30. The Hall–Kier alpha value is -3.07. The van der Waals surface area contributed by atoms with Crippen molar-refractivity contribution in [3.05, 3.63) is 59.7 Å². The summed E-state index contributed by atoms with van der Waals surface area (Å²) in [5.74, 6) is -1.11. The third-order valence-electron chi connectivity index (χ3n) is 3.61. The highest BCUT2D eigenvalue weighted by atomic mass is 19.4. The number of ether oxygens (including phenoxy) is 2. The number of amides is 1. The molecule has 9 heteroatoms. The minimum Gasteiger partial charge on any atom is -0.465 e. The Labute approximate surface area is 159 Å². The van der Waals surface area contributed by atoms with Gasteiger partial charge in [-0.2, -0.15) is 0 Å². The SMILES string of the molecule is COC(=O)c1ccc(CN(C)CC(=O)Nc2ccc(OC(F)(F)F)cc2)cc1. The van der Waals surface area contributed by atoms with E-state index < -0.39 is 12.3 Å². The molecule has 0 heterocycles. The minimum absolute atomic E-state index is 0.0690. The van der Waals surface area contributed by atoms with Crippen LogP contribution < -0.4 is 10.1 Å². The molecule has 0 atom stereocenters. The Morgan fingerprint density at radius 2 is 1.64 bits per heavy atom. The summed E-state index contributed by atoms with van der Waals surface area (Å²) in [7, 11) is 3.05. The minimum atomic E-state index is -4.76. The molecule has 0 spiro atoms. The molecular weight excluding hydrogens is 377 g/mol. The van der Waals surface area contributed by atoms with Crippen LogP contribution in [0.25, 0.3) is 0 Å². The molecule has 0 fully saturated rings. The zero-order valence-electron chi connectivity index (χ0n) is 15.2. The number of nitrogens with zero attached hydrogens (tertiary/aromatic N) is 1.